The summed E-state index contributed by atoms with van der Waals surface area (Å²) in [6, 6.07) is 18.2. The number of hydrogen-bond donors (Lipinski definition) is 1. The van der Waals surface area contributed by atoms with Crippen LogP contribution in [0.1, 0.15) is 22.3 Å². The monoisotopic (exact) mass is 414 g/mol. The van der Waals surface area contributed by atoms with Crippen molar-refractivity contribution < 1.29 is 4.79 Å². The van der Waals surface area contributed by atoms with Crippen molar-refractivity contribution in [2.75, 3.05) is 26.2 Å². The van der Waals surface area contributed by atoms with Gasteiger partial charge in [-0.25, -0.2) is 0 Å². The highest BCUT2D eigenvalue weighted by atomic mass is 35.5. The molecule has 0 bridgehead atoms. The topological polar surface area (TPSA) is 32.3 Å². The Labute approximate surface area is 172 Å². The van der Waals surface area contributed by atoms with E-state index in [9.17, 15) is 4.79 Å². The summed E-state index contributed by atoms with van der Waals surface area (Å²) in [7, 11) is 0. The molecule has 1 N–H and O–H groups in total. The summed E-state index contributed by atoms with van der Waals surface area (Å²) in [5.74, 6) is 0.162. The zero-order chi connectivity index (χ0) is 16.8. The third kappa shape index (κ3) is 6.57. The minimum atomic E-state index is 0. The smallest absolute Gasteiger partial charge is 0.164 e. The molecule has 142 valence electrons. The Balaban J connectivity index is 0.00000169. The van der Waals surface area contributed by atoms with Crippen LogP contribution in [-0.2, 0) is 6.42 Å². The number of nitrogens with zero attached hydrogens (tertiary/aromatic N) is 1. The third-order valence-electron chi connectivity index (χ3n) is 4.56. The molecular weight excluding hydrogens is 391 g/mol. The van der Waals surface area contributed by atoms with E-state index < -0.39 is 0 Å². The standard InChI is InChI=1S/C20H23ClN2O.2ClH/c21-18-8-4-7-17(14-18)20(24)9-11-23-12-10-22-15-19(23)13-16-5-2-1-3-6-16;;/h1-8,14,19,22H,9-13,15H2;2*1H. The Kier molecular flexibility index (Phi) is 10.2. The predicted octanol–water partition coefficient (Wildman–Crippen LogP) is 4.27. The lowest BCUT2D eigenvalue weighted by Crippen LogP contribution is -2.52. The van der Waals surface area contributed by atoms with Gasteiger partial charge in [0.25, 0.3) is 0 Å². The van der Waals surface area contributed by atoms with E-state index in [0.717, 1.165) is 32.6 Å². The number of ketones is 1. The minimum absolute atomic E-state index is 0. The Morgan fingerprint density at radius 3 is 2.62 bits per heavy atom. The van der Waals surface area contributed by atoms with Gasteiger partial charge < -0.3 is 5.32 Å². The molecule has 1 aliphatic heterocycles. The fraction of sp³-hybridized carbons (Fsp3) is 0.350. The number of carbonyl (C=O) groups is 1. The van der Waals surface area contributed by atoms with Gasteiger partial charge in [-0.3, -0.25) is 9.69 Å². The lowest BCUT2D eigenvalue weighted by Gasteiger charge is -2.36. The van der Waals surface area contributed by atoms with E-state index >= 15 is 0 Å². The summed E-state index contributed by atoms with van der Waals surface area (Å²) >= 11 is 5.98. The van der Waals surface area contributed by atoms with Crippen molar-refractivity contribution in [3.05, 3.63) is 70.7 Å². The maximum Gasteiger partial charge on any atom is 0.164 e. The predicted molar refractivity (Wildman–Crippen MR) is 113 cm³/mol. The summed E-state index contributed by atoms with van der Waals surface area (Å²) < 4.78 is 0. The number of benzene rings is 2. The van der Waals surface area contributed by atoms with Gasteiger partial charge in [-0.2, -0.15) is 0 Å². The van der Waals surface area contributed by atoms with Crippen molar-refractivity contribution in [3.63, 3.8) is 0 Å². The first kappa shape index (κ1) is 22.9. The van der Waals surface area contributed by atoms with Crippen LogP contribution in [0.2, 0.25) is 5.02 Å². The van der Waals surface area contributed by atoms with Crippen molar-refractivity contribution >= 4 is 42.2 Å². The van der Waals surface area contributed by atoms with E-state index in [1.165, 1.54) is 5.56 Å². The second-order valence-corrected chi connectivity index (χ2v) is 6.70. The molecule has 1 saturated heterocycles. The number of nitrogens with one attached hydrogen (secondary N) is 1. The summed E-state index contributed by atoms with van der Waals surface area (Å²) in [6.45, 7) is 3.74. The van der Waals surface area contributed by atoms with Crippen molar-refractivity contribution in [1.82, 2.24) is 10.2 Å². The maximum atomic E-state index is 12.4. The molecule has 1 unspecified atom stereocenters. The van der Waals surface area contributed by atoms with Crippen LogP contribution in [0.25, 0.3) is 0 Å². The van der Waals surface area contributed by atoms with E-state index in [0.29, 0.717) is 23.0 Å². The van der Waals surface area contributed by atoms with Gasteiger partial charge in [-0.05, 0) is 24.1 Å². The lowest BCUT2D eigenvalue weighted by atomic mass is 10.0. The number of halogens is 3. The third-order valence-corrected chi connectivity index (χ3v) is 4.79. The van der Waals surface area contributed by atoms with Gasteiger partial charge in [0.15, 0.2) is 5.78 Å². The first-order valence-electron chi connectivity index (χ1n) is 8.50. The molecule has 0 radical (unpaired) electrons. The van der Waals surface area contributed by atoms with Crippen molar-refractivity contribution in [2.24, 2.45) is 0 Å². The molecule has 1 atom stereocenters. The number of carbonyl (C=O) groups excluding carboxylic acids is 1. The van der Waals surface area contributed by atoms with Gasteiger partial charge in [0.05, 0.1) is 0 Å². The summed E-state index contributed by atoms with van der Waals surface area (Å²) in [5, 5.41) is 4.08. The highest BCUT2D eigenvalue weighted by Gasteiger charge is 2.23. The largest absolute Gasteiger partial charge is 0.314 e. The molecule has 3 rings (SSSR count). The molecule has 0 aromatic heterocycles. The molecule has 6 heteroatoms. The molecular formula is C20H25Cl3N2O. The van der Waals surface area contributed by atoms with Gasteiger partial charge in [-0.1, -0.05) is 54.1 Å². The van der Waals surface area contributed by atoms with Crippen molar-refractivity contribution in [3.8, 4) is 0 Å². The molecule has 1 aliphatic rings. The second-order valence-electron chi connectivity index (χ2n) is 6.27. The zero-order valence-corrected chi connectivity index (χ0v) is 17.0. The summed E-state index contributed by atoms with van der Waals surface area (Å²) in [4.78, 5) is 14.8. The SMILES string of the molecule is Cl.Cl.O=C(CCN1CCNCC1Cc1ccccc1)c1cccc(Cl)c1. The number of piperazine rings is 1. The van der Waals surface area contributed by atoms with Crippen LogP contribution in [0, 0.1) is 0 Å². The average molecular weight is 416 g/mol. The Hall–Kier alpha value is -1.10. The zero-order valence-electron chi connectivity index (χ0n) is 14.6. The number of Topliss-reactive ketones (excluding diaryl/α,β-unsaturated/α-hetero) is 1. The van der Waals surface area contributed by atoms with Gasteiger partial charge >= 0.3 is 0 Å². The van der Waals surface area contributed by atoms with Crippen molar-refractivity contribution in [1.29, 1.82) is 0 Å². The van der Waals surface area contributed by atoms with Gasteiger partial charge in [0, 0.05) is 49.2 Å². The minimum Gasteiger partial charge on any atom is -0.314 e. The Bertz CT molecular complexity index is 682. The molecule has 2 aromatic rings. The van der Waals surface area contributed by atoms with Crippen LogP contribution < -0.4 is 5.32 Å². The van der Waals surface area contributed by atoms with Crippen LogP contribution in [0.3, 0.4) is 0 Å². The molecule has 0 spiro atoms. The molecule has 1 fully saturated rings. The quantitative estimate of drug-likeness (QED) is 0.715. The van der Waals surface area contributed by atoms with E-state index in [4.69, 9.17) is 11.6 Å². The Morgan fingerprint density at radius 1 is 1.12 bits per heavy atom. The lowest BCUT2D eigenvalue weighted by molar-refractivity contribution is 0.0935. The summed E-state index contributed by atoms with van der Waals surface area (Å²) in [6.07, 6.45) is 1.55. The maximum absolute atomic E-state index is 12.4. The Morgan fingerprint density at radius 2 is 1.88 bits per heavy atom. The van der Waals surface area contributed by atoms with E-state index in [1.54, 1.807) is 12.1 Å². The molecule has 26 heavy (non-hydrogen) atoms. The van der Waals surface area contributed by atoms with Crippen LogP contribution in [0.15, 0.2) is 54.6 Å². The van der Waals surface area contributed by atoms with E-state index in [2.05, 4.69) is 34.5 Å². The van der Waals surface area contributed by atoms with Crippen LogP contribution in [-0.4, -0.2) is 42.9 Å². The first-order valence-corrected chi connectivity index (χ1v) is 8.87. The molecule has 0 aliphatic carbocycles. The fourth-order valence-corrected chi connectivity index (χ4v) is 3.43. The molecule has 1 heterocycles. The molecule has 0 saturated carbocycles. The number of rotatable bonds is 6. The molecule has 3 nitrogen and oxygen atoms in total. The van der Waals surface area contributed by atoms with Crippen molar-refractivity contribution in [2.45, 2.75) is 18.9 Å². The highest BCUT2D eigenvalue weighted by molar-refractivity contribution is 6.31. The number of hydrogen-bond acceptors (Lipinski definition) is 3. The van der Waals surface area contributed by atoms with Gasteiger partial charge in [0.1, 0.15) is 0 Å². The van der Waals surface area contributed by atoms with Crippen LogP contribution in [0.4, 0.5) is 0 Å². The van der Waals surface area contributed by atoms with Gasteiger partial charge in [-0.15, -0.1) is 24.8 Å². The summed E-state index contributed by atoms with van der Waals surface area (Å²) in [5.41, 5.74) is 2.05. The van der Waals surface area contributed by atoms with Crippen LogP contribution in [0.5, 0.6) is 0 Å². The molecule has 0 amide bonds. The average Bonchev–Trinajstić information content (AvgIpc) is 2.61. The van der Waals surface area contributed by atoms with Gasteiger partial charge in [0.2, 0.25) is 0 Å². The molecule has 2 aromatic carbocycles. The van der Waals surface area contributed by atoms with Crippen LogP contribution >= 0.6 is 36.4 Å². The highest BCUT2D eigenvalue weighted by Crippen LogP contribution is 2.15. The second kappa shape index (κ2) is 11.6. The van der Waals surface area contributed by atoms with E-state index in [1.807, 2.05) is 18.2 Å². The first-order chi connectivity index (χ1) is 11.7. The normalized spacial score (nSPS) is 17.0. The van der Waals surface area contributed by atoms with E-state index in [-0.39, 0.29) is 30.6 Å². The fourth-order valence-electron chi connectivity index (χ4n) is 3.24.